The molecule has 0 amide bonds. The first-order valence-corrected chi connectivity index (χ1v) is 5.29. The van der Waals surface area contributed by atoms with E-state index in [-0.39, 0.29) is 17.4 Å². The van der Waals surface area contributed by atoms with Crippen molar-refractivity contribution in [3.8, 4) is 0 Å². The largest absolute Gasteiger partial charge is 0.384 e. The topological polar surface area (TPSA) is 102 Å². The number of aromatic amines is 1. The summed E-state index contributed by atoms with van der Waals surface area (Å²) in [6, 6.07) is 0. The third-order valence-electron chi connectivity index (χ3n) is 2.45. The van der Waals surface area contributed by atoms with Crippen LogP contribution in [-0.4, -0.2) is 29.8 Å². The molecule has 0 saturated carbocycles. The van der Waals surface area contributed by atoms with Gasteiger partial charge in [-0.15, -0.1) is 0 Å². The Kier molecular flexibility index (Phi) is 4.33. The average Bonchev–Trinajstić information content (AvgIpc) is 2.26. The van der Waals surface area contributed by atoms with Gasteiger partial charge in [0.05, 0.1) is 6.61 Å². The highest BCUT2D eigenvalue weighted by Gasteiger charge is 2.10. The number of nitrogens with zero attached hydrogens (tertiary/aromatic N) is 1. The molecule has 0 aromatic carbocycles. The Labute approximate surface area is 98.6 Å². The van der Waals surface area contributed by atoms with Gasteiger partial charge in [0.15, 0.2) is 0 Å². The highest BCUT2D eigenvalue weighted by molar-refractivity contribution is 5.60. The summed E-state index contributed by atoms with van der Waals surface area (Å²) in [6.07, 6.45) is 0. The summed E-state index contributed by atoms with van der Waals surface area (Å²) in [6.45, 7) is 3.10. The van der Waals surface area contributed by atoms with E-state index in [4.69, 9.17) is 10.5 Å². The summed E-state index contributed by atoms with van der Waals surface area (Å²) >= 11 is 0. The lowest BCUT2D eigenvalue weighted by atomic mass is 10.2. The fourth-order valence-corrected chi connectivity index (χ4v) is 1.43. The first-order chi connectivity index (χ1) is 7.97. The Morgan fingerprint density at radius 1 is 1.53 bits per heavy atom. The second-order valence-corrected chi connectivity index (χ2v) is 4.02. The molecular weight excluding hydrogens is 224 g/mol. The fourth-order valence-electron chi connectivity index (χ4n) is 1.43. The summed E-state index contributed by atoms with van der Waals surface area (Å²) in [5.41, 5.74) is 4.88. The minimum absolute atomic E-state index is 0.128. The fraction of sp³-hybridized carbons (Fsp3) is 0.600. The van der Waals surface area contributed by atoms with Crippen LogP contribution in [0.15, 0.2) is 9.59 Å². The number of aromatic nitrogens is 2. The van der Waals surface area contributed by atoms with Crippen LogP contribution >= 0.6 is 0 Å². The zero-order chi connectivity index (χ0) is 13.0. The van der Waals surface area contributed by atoms with Gasteiger partial charge in [0.25, 0.3) is 5.56 Å². The van der Waals surface area contributed by atoms with Crippen LogP contribution in [0.3, 0.4) is 0 Å². The van der Waals surface area contributed by atoms with Crippen LogP contribution in [0.1, 0.15) is 6.92 Å². The van der Waals surface area contributed by atoms with Crippen molar-refractivity contribution in [2.45, 2.75) is 6.92 Å². The van der Waals surface area contributed by atoms with Crippen LogP contribution in [0.5, 0.6) is 0 Å². The number of ether oxygens (including phenoxy) is 1. The van der Waals surface area contributed by atoms with Crippen molar-refractivity contribution in [2.75, 3.05) is 31.3 Å². The third-order valence-corrected chi connectivity index (χ3v) is 2.45. The number of rotatable bonds is 5. The minimum Gasteiger partial charge on any atom is -0.384 e. The zero-order valence-corrected chi connectivity index (χ0v) is 10.2. The maximum absolute atomic E-state index is 11.5. The summed E-state index contributed by atoms with van der Waals surface area (Å²) in [4.78, 5) is 25.0. The normalized spacial score (nSPS) is 12.4. The third kappa shape index (κ3) is 3.10. The van der Waals surface area contributed by atoms with Gasteiger partial charge in [-0.25, -0.2) is 4.79 Å². The summed E-state index contributed by atoms with van der Waals surface area (Å²) in [5, 5.41) is 2.93. The Hall–Kier alpha value is -1.76. The van der Waals surface area contributed by atoms with Gasteiger partial charge in [-0.2, -0.15) is 0 Å². The van der Waals surface area contributed by atoms with Gasteiger partial charge >= 0.3 is 5.69 Å². The van der Waals surface area contributed by atoms with Crippen LogP contribution in [0.25, 0.3) is 0 Å². The predicted octanol–water partition coefficient (Wildman–Crippen LogP) is -0.650. The summed E-state index contributed by atoms with van der Waals surface area (Å²) < 4.78 is 6.17. The van der Waals surface area contributed by atoms with Crippen LogP contribution in [0.2, 0.25) is 0 Å². The number of hydrogen-bond acceptors (Lipinski definition) is 5. The van der Waals surface area contributed by atoms with Gasteiger partial charge in [-0.05, 0) is 5.92 Å². The van der Waals surface area contributed by atoms with Crippen molar-refractivity contribution in [3.05, 3.63) is 20.8 Å². The maximum Gasteiger partial charge on any atom is 0.329 e. The van der Waals surface area contributed by atoms with Crippen LogP contribution in [0.4, 0.5) is 11.5 Å². The van der Waals surface area contributed by atoms with E-state index in [1.807, 2.05) is 6.92 Å². The highest BCUT2D eigenvalue weighted by atomic mass is 16.5. The average molecular weight is 242 g/mol. The van der Waals surface area contributed by atoms with Crippen LogP contribution < -0.4 is 22.3 Å². The second-order valence-electron chi connectivity index (χ2n) is 4.02. The molecule has 0 aliphatic carbocycles. The van der Waals surface area contributed by atoms with E-state index in [2.05, 4.69) is 10.3 Å². The molecule has 1 atom stereocenters. The van der Waals surface area contributed by atoms with Crippen molar-refractivity contribution in [2.24, 2.45) is 13.0 Å². The van der Waals surface area contributed by atoms with Crippen molar-refractivity contribution >= 4 is 11.5 Å². The molecule has 1 rings (SSSR count). The maximum atomic E-state index is 11.5. The van der Waals surface area contributed by atoms with E-state index in [0.29, 0.717) is 13.2 Å². The number of H-pyrrole nitrogens is 1. The zero-order valence-electron chi connectivity index (χ0n) is 10.2. The van der Waals surface area contributed by atoms with Gasteiger partial charge < -0.3 is 15.8 Å². The van der Waals surface area contributed by atoms with Crippen molar-refractivity contribution in [1.82, 2.24) is 9.55 Å². The SMILES string of the molecule is COCC(C)CNc1c(N)n(C)c(=O)[nH]c1=O. The number of anilines is 2. The van der Waals surface area contributed by atoms with E-state index in [1.54, 1.807) is 7.11 Å². The van der Waals surface area contributed by atoms with E-state index in [1.165, 1.54) is 11.6 Å². The quantitative estimate of drug-likeness (QED) is 0.637. The molecule has 1 heterocycles. The van der Waals surface area contributed by atoms with Gasteiger partial charge in [0, 0.05) is 20.7 Å². The van der Waals surface area contributed by atoms with Gasteiger partial charge in [-0.3, -0.25) is 14.3 Å². The first-order valence-electron chi connectivity index (χ1n) is 5.29. The van der Waals surface area contributed by atoms with E-state index < -0.39 is 11.2 Å². The van der Waals surface area contributed by atoms with E-state index in [0.717, 1.165) is 0 Å². The number of nitrogens with one attached hydrogen (secondary N) is 2. The minimum atomic E-state index is -0.525. The number of hydrogen-bond donors (Lipinski definition) is 3. The van der Waals surface area contributed by atoms with Crippen molar-refractivity contribution < 1.29 is 4.74 Å². The molecule has 1 unspecified atom stereocenters. The molecule has 0 bridgehead atoms. The van der Waals surface area contributed by atoms with Gasteiger partial charge in [0.2, 0.25) is 0 Å². The molecule has 0 fully saturated rings. The van der Waals surface area contributed by atoms with E-state index in [9.17, 15) is 9.59 Å². The number of methoxy groups -OCH3 is 1. The van der Waals surface area contributed by atoms with E-state index >= 15 is 0 Å². The van der Waals surface area contributed by atoms with Crippen LogP contribution in [-0.2, 0) is 11.8 Å². The molecule has 96 valence electrons. The highest BCUT2D eigenvalue weighted by Crippen LogP contribution is 2.09. The smallest absolute Gasteiger partial charge is 0.329 e. The second kappa shape index (κ2) is 5.53. The predicted molar refractivity (Wildman–Crippen MR) is 66.2 cm³/mol. The van der Waals surface area contributed by atoms with Crippen LogP contribution in [0, 0.1) is 5.92 Å². The monoisotopic (exact) mass is 242 g/mol. The molecule has 0 spiro atoms. The molecular formula is C10H18N4O3. The molecule has 0 radical (unpaired) electrons. The lowest BCUT2D eigenvalue weighted by molar-refractivity contribution is 0.164. The Balaban J connectivity index is 2.89. The molecule has 7 nitrogen and oxygen atoms in total. The summed E-state index contributed by atoms with van der Waals surface area (Å²) in [5.74, 6) is 0.361. The Morgan fingerprint density at radius 2 is 2.18 bits per heavy atom. The molecule has 4 N–H and O–H groups in total. The Morgan fingerprint density at radius 3 is 2.76 bits per heavy atom. The number of nitrogen functional groups attached to an aromatic ring is 1. The van der Waals surface area contributed by atoms with Gasteiger partial charge in [0.1, 0.15) is 11.5 Å². The molecule has 17 heavy (non-hydrogen) atoms. The lowest BCUT2D eigenvalue weighted by Crippen LogP contribution is -2.33. The summed E-state index contributed by atoms with van der Waals surface area (Å²) in [7, 11) is 3.11. The lowest BCUT2D eigenvalue weighted by Gasteiger charge is -2.14. The molecule has 1 aromatic heterocycles. The first kappa shape index (κ1) is 13.3. The Bertz CT molecular complexity index is 491. The van der Waals surface area contributed by atoms with Gasteiger partial charge in [-0.1, -0.05) is 6.92 Å². The van der Waals surface area contributed by atoms with Crippen molar-refractivity contribution in [3.63, 3.8) is 0 Å². The van der Waals surface area contributed by atoms with Crippen molar-refractivity contribution in [1.29, 1.82) is 0 Å². The number of nitrogens with two attached hydrogens (primary N) is 1. The molecule has 7 heteroatoms. The molecule has 0 saturated heterocycles. The standard InChI is InChI=1S/C10H18N4O3/c1-6(5-17-3)4-12-7-8(11)14(2)10(16)13-9(7)15/h6,12H,4-5,11H2,1-3H3,(H,13,15,16). The molecule has 0 aliphatic heterocycles. The molecule has 0 aliphatic rings. The molecule has 1 aromatic rings.